The van der Waals surface area contributed by atoms with Crippen LogP contribution in [-0.4, -0.2) is 39.4 Å². The third-order valence-corrected chi connectivity index (χ3v) is 5.34. The highest BCUT2D eigenvalue weighted by atomic mass is 16.5. The van der Waals surface area contributed by atoms with E-state index < -0.39 is 0 Å². The van der Waals surface area contributed by atoms with E-state index in [-0.39, 0.29) is 12.5 Å². The van der Waals surface area contributed by atoms with Gasteiger partial charge in [-0.1, -0.05) is 24.3 Å². The minimum Gasteiger partial charge on any atom is -0.493 e. The Kier molecular flexibility index (Phi) is 5.42. The van der Waals surface area contributed by atoms with Crippen LogP contribution in [0.3, 0.4) is 0 Å². The van der Waals surface area contributed by atoms with Crippen molar-refractivity contribution in [3.05, 3.63) is 77.4 Å². The highest BCUT2D eigenvalue weighted by Crippen LogP contribution is 2.35. The molecule has 0 fully saturated rings. The molecule has 31 heavy (non-hydrogen) atoms. The first-order chi connectivity index (χ1) is 15.0. The van der Waals surface area contributed by atoms with Gasteiger partial charge in [0.05, 0.1) is 37.3 Å². The number of likely N-dealkylation sites (N-methyl/N-ethyl adjacent to an activating group) is 1. The largest absolute Gasteiger partial charge is 0.493 e. The maximum absolute atomic E-state index is 12.5. The summed E-state index contributed by atoms with van der Waals surface area (Å²) in [5, 5.41) is 9.31. The molecule has 0 spiro atoms. The molecule has 3 aromatic rings. The van der Waals surface area contributed by atoms with Crippen LogP contribution in [-0.2, 0) is 4.79 Å². The van der Waals surface area contributed by atoms with Crippen LogP contribution in [0, 0.1) is 11.3 Å². The van der Waals surface area contributed by atoms with Crippen LogP contribution in [0.4, 0.5) is 5.69 Å². The molecule has 6 nitrogen and oxygen atoms in total. The topological polar surface area (TPSA) is 74.9 Å². The number of hydrogen-bond donors (Lipinski definition) is 0. The lowest BCUT2D eigenvalue weighted by Gasteiger charge is -2.19. The SMILES string of the molecule is COc1ccc(-c2ccc3c(c2)C(c2cccc(C#N)c2)=NCC(=O)N3C)cc1OC. The van der Waals surface area contributed by atoms with E-state index in [4.69, 9.17) is 9.47 Å². The van der Waals surface area contributed by atoms with Crippen LogP contribution in [0.15, 0.2) is 65.7 Å². The second-order valence-electron chi connectivity index (χ2n) is 7.11. The summed E-state index contributed by atoms with van der Waals surface area (Å²) in [6, 6.07) is 21.1. The van der Waals surface area contributed by atoms with Gasteiger partial charge in [0.15, 0.2) is 11.5 Å². The number of nitrogens with zero attached hydrogens (tertiary/aromatic N) is 3. The lowest BCUT2D eigenvalue weighted by molar-refractivity contribution is -0.116. The number of carbonyl (C=O) groups excluding carboxylic acids is 1. The lowest BCUT2D eigenvalue weighted by atomic mass is 9.95. The molecule has 1 amide bonds. The molecule has 6 heteroatoms. The third kappa shape index (κ3) is 3.74. The number of ether oxygens (including phenoxy) is 2. The van der Waals surface area contributed by atoms with Gasteiger partial charge in [-0.15, -0.1) is 0 Å². The van der Waals surface area contributed by atoms with Crippen LogP contribution in [0.1, 0.15) is 16.7 Å². The summed E-state index contributed by atoms with van der Waals surface area (Å²) in [6.45, 7) is 0.0446. The Morgan fingerprint density at radius 1 is 0.935 bits per heavy atom. The summed E-state index contributed by atoms with van der Waals surface area (Å²) in [5.41, 5.74) is 5.53. The number of hydrogen-bond acceptors (Lipinski definition) is 5. The van der Waals surface area contributed by atoms with E-state index in [0.717, 1.165) is 27.9 Å². The predicted octanol–water partition coefficient (Wildman–Crippen LogP) is 4.06. The van der Waals surface area contributed by atoms with Gasteiger partial charge in [-0.3, -0.25) is 9.79 Å². The molecule has 0 N–H and O–H groups in total. The van der Waals surface area contributed by atoms with Gasteiger partial charge in [-0.2, -0.15) is 5.26 Å². The third-order valence-electron chi connectivity index (χ3n) is 5.34. The van der Waals surface area contributed by atoms with E-state index >= 15 is 0 Å². The minimum atomic E-state index is -0.0912. The van der Waals surface area contributed by atoms with Crippen molar-refractivity contribution in [3.8, 4) is 28.7 Å². The summed E-state index contributed by atoms with van der Waals surface area (Å²) in [6.07, 6.45) is 0. The van der Waals surface area contributed by atoms with Crippen molar-refractivity contribution in [1.82, 2.24) is 0 Å². The molecule has 0 aliphatic carbocycles. The number of aliphatic imine (C=N–C) groups is 1. The lowest BCUT2D eigenvalue weighted by Crippen LogP contribution is -2.27. The summed E-state index contributed by atoms with van der Waals surface area (Å²) < 4.78 is 10.8. The molecule has 4 rings (SSSR count). The van der Waals surface area contributed by atoms with Crippen molar-refractivity contribution in [2.45, 2.75) is 0 Å². The summed E-state index contributed by atoms with van der Waals surface area (Å²) in [4.78, 5) is 18.8. The van der Waals surface area contributed by atoms with Crippen molar-refractivity contribution in [2.75, 3.05) is 32.7 Å². The van der Waals surface area contributed by atoms with Gasteiger partial charge in [0, 0.05) is 18.2 Å². The van der Waals surface area contributed by atoms with Crippen LogP contribution in [0.25, 0.3) is 11.1 Å². The normalized spacial score (nSPS) is 13.0. The summed E-state index contributed by atoms with van der Waals surface area (Å²) in [5.74, 6) is 1.20. The molecule has 154 valence electrons. The zero-order chi connectivity index (χ0) is 22.0. The van der Waals surface area contributed by atoms with Gasteiger partial charge in [0.2, 0.25) is 5.91 Å². The van der Waals surface area contributed by atoms with Gasteiger partial charge >= 0.3 is 0 Å². The minimum absolute atomic E-state index is 0.0446. The van der Waals surface area contributed by atoms with Crippen molar-refractivity contribution in [3.63, 3.8) is 0 Å². The molecule has 3 aromatic carbocycles. The highest BCUT2D eigenvalue weighted by molar-refractivity contribution is 6.20. The molecule has 0 saturated heterocycles. The predicted molar refractivity (Wildman–Crippen MR) is 120 cm³/mol. The Morgan fingerprint density at radius 2 is 1.68 bits per heavy atom. The van der Waals surface area contributed by atoms with Crippen molar-refractivity contribution < 1.29 is 14.3 Å². The van der Waals surface area contributed by atoms with E-state index in [1.807, 2.05) is 48.5 Å². The second kappa shape index (κ2) is 8.33. The molecule has 0 saturated carbocycles. The number of nitriles is 1. The molecule has 1 aliphatic heterocycles. The Hall–Kier alpha value is -4.11. The number of anilines is 1. The van der Waals surface area contributed by atoms with E-state index in [1.165, 1.54) is 0 Å². The molecule has 1 heterocycles. The number of carbonyl (C=O) groups is 1. The van der Waals surface area contributed by atoms with Crippen LogP contribution in [0.5, 0.6) is 11.5 Å². The zero-order valence-corrected chi connectivity index (χ0v) is 17.5. The number of methoxy groups -OCH3 is 2. The van der Waals surface area contributed by atoms with E-state index in [2.05, 4.69) is 11.1 Å². The van der Waals surface area contributed by atoms with Crippen molar-refractivity contribution in [1.29, 1.82) is 5.26 Å². The first-order valence-electron chi connectivity index (χ1n) is 9.74. The molecule has 0 aromatic heterocycles. The van der Waals surface area contributed by atoms with Gasteiger partial charge in [0.25, 0.3) is 0 Å². The number of fused-ring (bicyclic) bond motifs is 1. The maximum atomic E-state index is 12.5. The fourth-order valence-electron chi connectivity index (χ4n) is 3.67. The Bertz CT molecular complexity index is 1240. The maximum Gasteiger partial charge on any atom is 0.248 e. The Morgan fingerprint density at radius 3 is 2.42 bits per heavy atom. The van der Waals surface area contributed by atoms with E-state index in [9.17, 15) is 10.1 Å². The first kappa shape index (κ1) is 20.2. The van der Waals surface area contributed by atoms with Gasteiger partial charge < -0.3 is 14.4 Å². The average Bonchev–Trinajstić information content (AvgIpc) is 2.94. The number of benzodiazepines with no additional fused rings is 1. The molecule has 0 unspecified atom stereocenters. The molecule has 1 aliphatic rings. The molecular formula is C25H21N3O3. The van der Waals surface area contributed by atoms with Crippen LogP contribution >= 0.6 is 0 Å². The Labute approximate surface area is 181 Å². The molecule has 0 bridgehead atoms. The van der Waals surface area contributed by atoms with Gasteiger partial charge in [0.1, 0.15) is 6.54 Å². The van der Waals surface area contributed by atoms with Crippen LogP contribution in [0.2, 0.25) is 0 Å². The quantitative estimate of drug-likeness (QED) is 0.649. The highest BCUT2D eigenvalue weighted by Gasteiger charge is 2.23. The van der Waals surface area contributed by atoms with E-state index in [1.54, 1.807) is 38.3 Å². The average molecular weight is 411 g/mol. The molecule has 0 radical (unpaired) electrons. The fraction of sp³-hybridized carbons (Fsp3) is 0.160. The number of amides is 1. The first-order valence-corrected chi connectivity index (χ1v) is 9.74. The van der Waals surface area contributed by atoms with Crippen molar-refractivity contribution in [2.24, 2.45) is 4.99 Å². The fourth-order valence-corrected chi connectivity index (χ4v) is 3.67. The summed E-state index contributed by atoms with van der Waals surface area (Å²) in [7, 11) is 4.96. The summed E-state index contributed by atoms with van der Waals surface area (Å²) >= 11 is 0. The zero-order valence-electron chi connectivity index (χ0n) is 17.5. The number of benzene rings is 3. The smallest absolute Gasteiger partial charge is 0.248 e. The number of rotatable bonds is 4. The Balaban J connectivity index is 1.89. The molecule has 0 atom stereocenters. The van der Waals surface area contributed by atoms with Gasteiger partial charge in [-0.05, 0) is 47.5 Å². The van der Waals surface area contributed by atoms with Crippen molar-refractivity contribution >= 4 is 17.3 Å². The van der Waals surface area contributed by atoms with Crippen LogP contribution < -0.4 is 14.4 Å². The second-order valence-corrected chi connectivity index (χ2v) is 7.11. The van der Waals surface area contributed by atoms with E-state index in [0.29, 0.717) is 22.8 Å². The molecular weight excluding hydrogens is 390 g/mol. The monoisotopic (exact) mass is 411 g/mol. The van der Waals surface area contributed by atoms with Gasteiger partial charge in [-0.25, -0.2) is 0 Å². The standard InChI is InChI=1S/C25H21N3O3/c1-28-21-9-7-17(18-8-10-22(30-2)23(13-18)31-3)12-20(21)25(27-15-24(28)29)19-6-4-5-16(11-19)14-26/h4-13H,15H2,1-3H3.